The van der Waals surface area contributed by atoms with E-state index >= 15 is 0 Å². The molecule has 3 aromatic rings. The molecule has 0 bridgehead atoms. The summed E-state index contributed by atoms with van der Waals surface area (Å²) in [6.07, 6.45) is 3.74. The van der Waals surface area contributed by atoms with Gasteiger partial charge in [-0.3, -0.25) is 4.79 Å². The molecule has 4 rings (SSSR count). The molecule has 1 atom stereocenters. The minimum absolute atomic E-state index is 0.0326. The third kappa shape index (κ3) is 2.47. The summed E-state index contributed by atoms with van der Waals surface area (Å²) in [6, 6.07) is 9.51. The molecule has 1 aromatic carbocycles. The lowest BCUT2D eigenvalue weighted by Crippen LogP contribution is -2.30. The number of aromatic nitrogens is 4. The van der Waals surface area contributed by atoms with Crippen LogP contribution in [0.4, 0.5) is 5.82 Å². The zero-order valence-corrected chi connectivity index (χ0v) is 13.4. The van der Waals surface area contributed by atoms with Crippen molar-refractivity contribution in [1.29, 1.82) is 0 Å². The minimum atomic E-state index is 0.0326. The molecular formula is C17H18N6O. The summed E-state index contributed by atoms with van der Waals surface area (Å²) in [5, 5.41) is 13.7. The molecule has 0 spiro atoms. The van der Waals surface area contributed by atoms with Crippen molar-refractivity contribution in [1.82, 2.24) is 25.3 Å². The number of nitrogens with zero attached hydrogens (tertiary/aromatic N) is 4. The summed E-state index contributed by atoms with van der Waals surface area (Å²) in [5.74, 6) is 0.848. The predicted molar refractivity (Wildman–Crippen MR) is 90.7 cm³/mol. The van der Waals surface area contributed by atoms with E-state index in [1.807, 2.05) is 36.2 Å². The molecule has 0 saturated carbocycles. The molecule has 7 heteroatoms. The van der Waals surface area contributed by atoms with Crippen molar-refractivity contribution in [3.05, 3.63) is 47.7 Å². The van der Waals surface area contributed by atoms with Crippen LogP contribution in [-0.4, -0.2) is 44.8 Å². The maximum atomic E-state index is 13.0. The molecule has 1 aliphatic rings. The topological polar surface area (TPSA) is 86.8 Å². The summed E-state index contributed by atoms with van der Waals surface area (Å²) in [6.45, 7) is 0.761. The Morgan fingerprint density at radius 1 is 1.25 bits per heavy atom. The molecule has 24 heavy (non-hydrogen) atoms. The van der Waals surface area contributed by atoms with E-state index in [1.54, 1.807) is 12.3 Å². The minimum Gasteiger partial charge on any atom is -0.373 e. The van der Waals surface area contributed by atoms with E-state index in [-0.39, 0.29) is 11.9 Å². The first-order chi connectivity index (χ1) is 11.8. The second-order valence-electron chi connectivity index (χ2n) is 5.91. The van der Waals surface area contributed by atoms with Gasteiger partial charge in [0.15, 0.2) is 0 Å². The van der Waals surface area contributed by atoms with Crippen molar-refractivity contribution < 1.29 is 4.79 Å². The number of carbonyl (C=O) groups excluding carboxylic acids is 1. The van der Waals surface area contributed by atoms with Gasteiger partial charge in [0.05, 0.1) is 6.04 Å². The number of H-pyrrole nitrogens is 1. The van der Waals surface area contributed by atoms with Crippen molar-refractivity contribution in [2.45, 2.75) is 18.9 Å². The first-order valence-electron chi connectivity index (χ1n) is 8.01. The lowest BCUT2D eigenvalue weighted by molar-refractivity contribution is 0.0736. The molecule has 0 aliphatic carbocycles. The second-order valence-corrected chi connectivity index (χ2v) is 5.91. The molecule has 1 amide bonds. The molecule has 1 fully saturated rings. The number of benzene rings is 1. The highest BCUT2D eigenvalue weighted by molar-refractivity contribution is 5.97. The Bertz CT molecular complexity index is 889. The van der Waals surface area contributed by atoms with Gasteiger partial charge in [-0.1, -0.05) is 0 Å². The maximum absolute atomic E-state index is 13.0. The van der Waals surface area contributed by atoms with Crippen molar-refractivity contribution in [2.75, 3.05) is 18.9 Å². The third-order valence-corrected chi connectivity index (χ3v) is 4.50. The number of anilines is 1. The highest BCUT2D eigenvalue weighted by Crippen LogP contribution is 2.33. The van der Waals surface area contributed by atoms with Crippen LogP contribution in [0.3, 0.4) is 0 Å². The molecule has 1 saturated heterocycles. The highest BCUT2D eigenvalue weighted by Gasteiger charge is 2.31. The second kappa shape index (κ2) is 5.92. The SMILES string of the molecule is CNc1cc([C@@H]2CCCN2C(=O)c2ccc3n[nH]nc3c2)ccn1. The Labute approximate surface area is 139 Å². The molecule has 2 N–H and O–H groups in total. The summed E-state index contributed by atoms with van der Waals surface area (Å²) in [4.78, 5) is 19.2. The molecule has 3 heterocycles. The number of hydrogen-bond acceptors (Lipinski definition) is 5. The average molecular weight is 322 g/mol. The van der Waals surface area contributed by atoms with E-state index in [1.165, 1.54) is 0 Å². The van der Waals surface area contributed by atoms with Gasteiger partial charge in [0.1, 0.15) is 16.9 Å². The third-order valence-electron chi connectivity index (χ3n) is 4.50. The molecule has 7 nitrogen and oxygen atoms in total. The lowest BCUT2D eigenvalue weighted by atomic mass is 10.0. The normalized spacial score (nSPS) is 17.4. The van der Waals surface area contributed by atoms with Crippen LogP contribution in [0.2, 0.25) is 0 Å². The number of amides is 1. The van der Waals surface area contributed by atoms with Crippen molar-refractivity contribution in [2.24, 2.45) is 0 Å². The van der Waals surface area contributed by atoms with Gasteiger partial charge in [-0.05, 0) is 48.7 Å². The van der Waals surface area contributed by atoms with Gasteiger partial charge in [-0.25, -0.2) is 4.98 Å². The zero-order valence-electron chi connectivity index (χ0n) is 13.4. The van der Waals surface area contributed by atoms with E-state index < -0.39 is 0 Å². The fourth-order valence-electron chi connectivity index (χ4n) is 3.29. The van der Waals surface area contributed by atoms with Gasteiger partial charge >= 0.3 is 0 Å². The van der Waals surface area contributed by atoms with Gasteiger partial charge in [-0.15, -0.1) is 0 Å². The number of nitrogens with one attached hydrogen (secondary N) is 2. The fraction of sp³-hybridized carbons (Fsp3) is 0.294. The number of fused-ring (bicyclic) bond motifs is 1. The predicted octanol–water partition coefficient (Wildman–Crippen LogP) is 2.37. The number of rotatable bonds is 3. The summed E-state index contributed by atoms with van der Waals surface area (Å²) in [7, 11) is 1.84. The summed E-state index contributed by atoms with van der Waals surface area (Å²) in [5.41, 5.74) is 3.23. The number of aromatic amines is 1. The molecular weight excluding hydrogens is 304 g/mol. The summed E-state index contributed by atoms with van der Waals surface area (Å²) < 4.78 is 0. The van der Waals surface area contributed by atoms with Crippen molar-refractivity contribution >= 4 is 22.8 Å². The van der Waals surface area contributed by atoms with Crippen LogP contribution in [0.15, 0.2) is 36.5 Å². The standard InChI is InChI=1S/C17H18N6O/c1-18-16-10-11(6-7-19-16)15-3-2-8-23(15)17(24)12-4-5-13-14(9-12)21-22-20-13/h4-7,9-10,15H,2-3,8H2,1H3,(H,18,19)(H,20,21,22)/t15-/m0/s1. The van der Waals surface area contributed by atoms with Crippen LogP contribution in [-0.2, 0) is 0 Å². The van der Waals surface area contributed by atoms with E-state index in [0.717, 1.165) is 36.3 Å². The molecule has 122 valence electrons. The Morgan fingerprint density at radius 2 is 2.12 bits per heavy atom. The van der Waals surface area contributed by atoms with E-state index in [0.29, 0.717) is 11.1 Å². The Balaban J connectivity index is 1.64. The van der Waals surface area contributed by atoms with Gasteiger partial charge in [0.2, 0.25) is 0 Å². The molecule has 0 unspecified atom stereocenters. The zero-order chi connectivity index (χ0) is 16.5. The van der Waals surface area contributed by atoms with Crippen LogP contribution >= 0.6 is 0 Å². The first-order valence-corrected chi connectivity index (χ1v) is 8.01. The van der Waals surface area contributed by atoms with Gasteiger partial charge in [0.25, 0.3) is 5.91 Å². The maximum Gasteiger partial charge on any atom is 0.254 e. The Hall–Kier alpha value is -2.96. The van der Waals surface area contributed by atoms with Gasteiger partial charge in [-0.2, -0.15) is 15.4 Å². The van der Waals surface area contributed by atoms with Crippen LogP contribution < -0.4 is 5.32 Å². The number of hydrogen-bond donors (Lipinski definition) is 2. The quantitative estimate of drug-likeness (QED) is 0.773. The van der Waals surface area contributed by atoms with E-state index in [9.17, 15) is 4.79 Å². The number of likely N-dealkylation sites (tertiary alicyclic amines) is 1. The Morgan fingerprint density at radius 3 is 3.00 bits per heavy atom. The smallest absolute Gasteiger partial charge is 0.254 e. The van der Waals surface area contributed by atoms with Crippen LogP contribution in [0, 0.1) is 0 Å². The fourth-order valence-corrected chi connectivity index (χ4v) is 3.29. The molecule has 1 aliphatic heterocycles. The summed E-state index contributed by atoms with van der Waals surface area (Å²) >= 11 is 0. The van der Waals surface area contributed by atoms with Crippen LogP contribution in [0.1, 0.15) is 34.8 Å². The van der Waals surface area contributed by atoms with Gasteiger partial charge in [0, 0.05) is 25.4 Å². The largest absolute Gasteiger partial charge is 0.373 e. The highest BCUT2D eigenvalue weighted by atomic mass is 16.2. The van der Waals surface area contributed by atoms with Gasteiger partial charge < -0.3 is 10.2 Å². The van der Waals surface area contributed by atoms with Crippen molar-refractivity contribution in [3.8, 4) is 0 Å². The monoisotopic (exact) mass is 322 g/mol. The lowest BCUT2D eigenvalue weighted by Gasteiger charge is -2.25. The molecule has 2 aromatic heterocycles. The van der Waals surface area contributed by atoms with Crippen LogP contribution in [0.5, 0.6) is 0 Å². The number of pyridine rings is 1. The average Bonchev–Trinajstić information content (AvgIpc) is 3.29. The Kier molecular flexibility index (Phi) is 3.60. The van der Waals surface area contributed by atoms with Crippen molar-refractivity contribution in [3.63, 3.8) is 0 Å². The van der Waals surface area contributed by atoms with E-state index in [4.69, 9.17) is 0 Å². The van der Waals surface area contributed by atoms with Crippen LogP contribution in [0.25, 0.3) is 11.0 Å². The first kappa shape index (κ1) is 14.6. The number of carbonyl (C=O) groups is 1. The molecule has 0 radical (unpaired) electrons. The van der Waals surface area contributed by atoms with E-state index in [2.05, 4.69) is 25.7 Å².